The molecule has 0 spiro atoms. The lowest BCUT2D eigenvalue weighted by Crippen LogP contribution is -2.25. The summed E-state index contributed by atoms with van der Waals surface area (Å²) in [5, 5.41) is 9.07. The van der Waals surface area contributed by atoms with Crippen LogP contribution in [0.4, 0.5) is 0 Å². The number of likely N-dealkylation sites (tertiary alicyclic amines) is 1. The maximum Gasteiger partial charge on any atom is 0.308 e. The third-order valence-corrected chi connectivity index (χ3v) is 4.40. The van der Waals surface area contributed by atoms with Gasteiger partial charge in [-0.25, -0.2) is 0 Å². The number of hydrogen-bond acceptors (Lipinski definition) is 4. The molecule has 1 atom stereocenters. The Morgan fingerprint density at radius 2 is 1.92 bits per heavy atom. The summed E-state index contributed by atoms with van der Waals surface area (Å²) in [5.41, 5.74) is 1.93. The van der Waals surface area contributed by atoms with Crippen molar-refractivity contribution in [1.82, 2.24) is 4.90 Å². The molecule has 6 heteroatoms. The highest BCUT2D eigenvalue weighted by molar-refractivity contribution is 5.86. The Balaban J connectivity index is 1.66. The van der Waals surface area contributed by atoms with Crippen LogP contribution in [0, 0.1) is 5.92 Å². The average Bonchev–Trinajstić information content (AvgIpc) is 3.02. The van der Waals surface area contributed by atoms with Gasteiger partial charge in [0.2, 0.25) is 5.91 Å². The van der Waals surface area contributed by atoms with E-state index in [0.717, 1.165) is 11.1 Å². The molecule has 0 aliphatic carbocycles. The first-order chi connectivity index (χ1) is 12.6. The van der Waals surface area contributed by atoms with Crippen molar-refractivity contribution in [2.45, 2.75) is 19.6 Å². The molecule has 0 aromatic heterocycles. The third kappa shape index (κ3) is 4.14. The minimum Gasteiger partial charge on any atom is -0.493 e. The smallest absolute Gasteiger partial charge is 0.308 e. The van der Waals surface area contributed by atoms with Crippen molar-refractivity contribution in [3.8, 4) is 11.5 Å². The van der Waals surface area contributed by atoms with Crippen LogP contribution in [-0.2, 0) is 22.7 Å². The zero-order valence-electron chi connectivity index (χ0n) is 14.6. The van der Waals surface area contributed by atoms with Gasteiger partial charge in [0.05, 0.1) is 13.0 Å². The highest BCUT2D eigenvalue weighted by Gasteiger charge is 2.34. The summed E-state index contributed by atoms with van der Waals surface area (Å²) < 4.78 is 11.2. The van der Waals surface area contributed by atoms with E-state index >= 15 is 0 Å². The molecule has 136 valence electrons. The normalized spacial score (nSPS) is 16.6. The van der Waals surface area contributed by atoms with Crippen molar-refractivity contribution in [2.24, 2.45) is 5.92 Å². The van der Waals surface area contributed by atoms with E-state index in [2.05, 4.69) is 0 Å². The van der Waals surface area contributed by atoms with E-state index in [4.69, 9.17) is 14.6 Å². The number of carbonyl (C=O) groups excluding carboxylic acids is 1. The molecule has 0 radical (unpaired) electrons. The van der Waals surface area contributed by atoms with Gasteiger partial charge in [-0.1, -0.05) is 36.4 Å². The fraction of sp³-hybridized carbons (Fsp3) is 0.300. The number of nitrogens with zero attached hydrogens (tertiary/aromatic N) is 1. The van der Waals surface area contributed by atoms with Crippen molar-refractivity contribution in [3.63, 3.8) is 0 Å². The quantitative estimate of drug-likeness (QED) is 0.826. The molecule has 0 saturated carbocycles. The van der Waals surface area contributed by atoms with E-state index in [1.807, 2.05) is 48.5 Å². The number of carboxylic acids is 1. The molecular weight excluding hydrogens is 334 g/mol. The fourth-order valence-corrected chi connectivity index (χ4v) is 2.98. The summed E-state index contributed by atoms with van der Waals surface area (Å²) in [7, 11) is 1.57. The van der Waals surface area contributed by atoms with Gasteiger partial charge < -0.3 is 19.5 Å². The molecule has 2 aromatic rings. The van der Waals surface area contributed by atoms with E-state index in [1.54, 1.807) is 12.0 Å². The summed E-state index contributed by atoms with van der Waals surface area (Å²) in [6.45, 7) is 1.03. The van der Waals surface area contributed by atoms with Crippen LogP contribution in [0.5, 0.6) is 11.5 Å². The van der Waals surface area contributed by atoms with Gasteiger partial charge >= 0.3 is 5.97 Å². The minimum absolute atomic E-state index is 0.0603. The predicted molar refractivity (Wildman–Crippen MR) is 94.9 cm³/mol. The molecule has 1 heterocycles. The van der Waals surface area contributed by atoms with Crippen LogP contribution in [0.1, 0.15) is 17.5 Å². The molecule has 1 saturated heterocycles. The lowest BCUT2D eigenvalue weighted by molar-refractivity contribution is -0.141. The second-order valence-corrected chi connectivity index (χ2v) is 6.27. The minimum atomic E-state index is -0.928. The van der Waals surface area contributed by atoms with Crippen LogP contribution in [0.2, 0.25) is 0 Å². The Morgan fingerprint density at radius 1 is 1.15 bits per heavy atom. The summed E-state index contributed by atoms with van der Waals surface area (Å²) in [5.74, 6) is -0.488. The highest BCUT2D eigenvalue weighted by atomic mass is 16.5. The standard InChI is InChI=1S/C20H21NO5/c1-25-18-9-15(11-21-12-16(20(23)24)10-19(21)22)7-8-17(18)26-13-14-5-3-2-4-6-14/h2-9,16H,10-13H2,1H3,(H,23,24)/t16-/m1/s1. The molecule has 0 bridgehead atoms. The molecule has 0 unspecified atom stereocenters. The molecule has 1 aliphatic rings. The Labute approximate surface area is 152 Å². The fourth-order valence-electron chi connectivity index (χ4n) is 2.98. The number of hydrogen-bond donors (Lipinski definition) is 1. The third-order valence-electron chi connectivity index (χ3n) is 4.40. The second kappa shape index (κ2) is 7.91. The molecule has 6 nitrogen and oxygen atoms in total. The van der Waals surface area contributed by atoms with E-state index in [0.29, 0.717) is 24.7 Å². The van der Waals surface area contributed by atoms with Gasteiger partial charge in [-0.3, -0.25) is 9.59 Å². The van der Waals surface area contributed by atoms with Crippen molar-refractivity contribution < 1.29 is 24.2 Å². The number of carboxylic acid groups (broad SMARTS) is 1. The molecule has 1 fully saturated rings. The molecule has 3 rings (SSSR count). The average molecular weight is 355 g/mol. The first-order valence-corrected chi connectivity index (χ1v) is 8.41. The molecular formula is C20H21NO5. The van der Waals surface area contributed by atoms with Crippen LogP contribution in [0.15, 0.2) is 48.5 Å². The van der Waals surface area contributed by atoms with Gasteiger partial charge in [0.1, 0.15) is 6.61 Å². The zero-order valence-corrected chi connectivity index (χ0v) is 14.6. The summed E-state index contributed by atoms with van der Waals surface area (Å²) in [4.78, 5) is 24.6. The second-order valence-electron chi connectivity index (χ2n) is 6.27. The highest BCUT2D eigenvalue weighted by Crippen LogP contribution is 2.30. The van der Waals surface area contributed by atoms with Crippen molar-refractivity contribution in [3.05, 3.63) is 59.7 Å². The van der Waals surface area contributed by atoms with Crippen LogP contribution in [-0.4, -0.2) is 35.5 Å². The Kier molecular flexibility index (Phi) is 5.41. The topological polar surface area (TPSA) is 76.1 Å². The van der Waals surface area contributed by atoms with E-state index in [-0.39, 0.29) is 18.9 Å². The number of amides is 1. The number of ether oxygens (including phenoxy) is 2. The summed E-state index contributed by atoms with van der Waals surface area (Å²) in [6, 6.07) is 15.3. The van der Waals surface area contributed by atoms with Gasteiger partial charge in [-0.15, -0.1) is 0 Å². The van der Waals surface area contributed by atoms with Gasteiger partial charge in [-0.05, 0) is 23.3 Å². The number of rotatable bonds is 7. The van der Waals surface area contributed by atoms with Gasteiger partial charge in [-0.2, -0.15) is 0 Å². The van der Waals surface area contributed by atoms with Crippen LogP contribution < -0.4 is 9.47 Å². The molecule has 1 N–H and O–H groups in total. The predicted octanol–water partition coefficient (Wildman–Crippen LogP) is 2.71. The van der Waals surface area contributed by atoms with Gasteiger partial charge in [0, 0.05) is 19.5 Å². The van der Waals surface area contributed by atoms with Crippen LogP contribution >= 0.6 is 0 Å². The van der Waals surface area contributed by atoms with Crippen molar-refractivity contribution >= 4 is 11.9 Å². The number of benzene rings is 2. The van der Waals surface area contributed by atoms with Crippen molar-refractivity contribution in [2.75, 3.05) is 13.7 Å². The molecule has 2 aromatic carbocycles. The zero-order chi connectivity index (χ0) is 18.5. The number of aliphatic carboxylic acids is 1. The summed E-state index contributed by atoms with van der Waals surface area (Å²) >= 11 is 0. The SMILES string of the molecule is COc1cc(CN2C[C@H](C(=O)O)CC2=O)ccc1OCc1ccccc1. The lowest BCUT2D eigenvalue weighted by atomic mass is 10.1. The lowest BCUT2D eigenvalue weighted by Gasteiger charge is -2.18. The first kappa shape index (κ1) is 17.8. The Bertz CT molecular complexity index is 790. The van der Waals surface area contributed by atoms with Gasteiger partial charge in [0.15, 0.2) is 11.5 Å². The molecule has 1 amide bonds. The van der Waals surface area contributed by atoms with Crippen LogP contribution in [0.25, 0.3) is 0 Å². The van der Waals surface area contributed by atoms with Gasteiger partial charge in [0.25, 0.3) is 0 Å². The Morgan fingerprint density at radius 3 is 2.58 bits per heavy atom. The molecule has 1 aliphatic heterocycles. The largest absolute Gasteiger partial charge is 0.493 e. The monoisotopic (exact) mass is 355 g/mol. The van der Waals surface area contributed by atoms with E-state index in [1.165, 1.54) is 0 Å². The number of methoxy groups -OCH3 is 1. The van der Waals surface area contributed by atoms with E-state index < -0.39 is 11.9 Å². The maximum absolute atomic E-state index is 12.0. The first-order valence-electron chi connectivity index (χ1n) is 8.41. The Hall–Kier alpha value is -3.02. The molecule has 26 heavy (non-hydrogen) atoms. The number of carbonyl (C=O) groups is 2. The van der Waals surface area contributed by atoms with Crippen LogP contribution in [0.3, 0.4) is 0 Å². The summed E-state index contributed by atoms with van der Waals surface area (Å²) in [6.07, 6.45) is 0.0603. The van der Waals surface area contributed by atoms with E-state index in [9.17, 15) is 9.59 Å². The van der Waals surface area contributed by atoms with Crippen molar-refractivity contribution in [1.29, 1.82) is 0 Å². The maximum atomic E-state index is 12.0.